The van der Waals surface area contributed by atoms with Gasteiger partial charge in [0.05, 0.1) is 12.6 Å². The van der Waals surface area contributed by atoms with Crippen LogP contribution in [0.1, 0.15) is 20.8 Å². The number of hydrogen-bond donors (Lipinski definition) is 1. The molecule has 1 aliphatic heterocycles. The molecule has 1 fully saturated rings. The fraction of sp³-hybridized carbons (Fsp3) is 0.529. The molecule has 6 nitrogen and oxygen atoms in total. The summed E-state index contributed by atoms with van der Waals surface area (Å²) in [5.41, 5.74) is -0.626. The average molecular weight is 320 g/mol. The van der Waals surface area contributed by atoms with E-state index < -0.39 is 17.7 Å². The molecule has 1 saturated heterocycles. The van der Waals surface area contributed by atoms with Crippen molar-refractivity contribution < 1.29 is 19.1 Å². The predicted molar refractivity (Wildman–Crippen MR) is 86.9 cm³/mol. The molecule has 2 unspecified atom stereocenters. The number of allylic oxidation sites excluding steroid dienone is 2. The number of carbonyl (C=O) groups is 2. The van der Waals surface area contributed by atoms with Crippen molar-refractivity contribution >= 4 is 12.0 Å². The number of hydrogen-bond acceptors (Lipinski definition) is 4. The molecule has 1 heterocycles. The van der Waals surface area contributed by atoms with Gasteiger partial charge in [-0.1, -0.05) is 30.4 Å². The highest BCUT2D eigenvalue weighted by Gasteiger charge is 2.38. The van der Waals surface area contributed by atoms with Gasteiger partial charge in [0.25, 0.3) is 0 Å². The first-order chi connectivity index (χ1) is 10.8. The third-order valence-corrected chi connectivity index (χ3v) is 3.47. The summed E-state index contributed by atoms with van der Waals surface area (Å²) in [6, 6.07) is -0.979. The molecule has 0 radical (unpaired) electrons. The first-order valence-corrected chi connectivity index (χ1v) is 7.69. The van der Waals surface area contributed by atoms with Crippen molar-refractivity contribution in [2.75, 3.05) is 13.2 Å². The van der Waals surface area contributed by atoms with E-state index in [0.717, 1.165) is 0 Å². The second-order valence-electron chi connectivity index (χ2n) is 6.54. The van der Waals surface area contributed by atoms with Gasteiger partial charge < -0.3 is 19.7 Å². The molecule has 1 N–H and O–H groups in total. The smallest absolute Gasteiger partial charge is 0.408 e. The minimum absolute atomic E-state index is 0.102. The van der Waals surface area contributed by atoms with Crippen molar-refractivity contribution in [2.45, 2.75) is 44.6 Å². The summed E-state index contributed by atoms with van der Waals surface area (Å²) >= 11 is 0. The Balaban J connectivity index is 2.13. The Morgan fingerprint density at radius 3 is 2.83 bits per heavy atom. The molecule has 0 bridgehead atoms. The normalized spacial score (nSPS) is 27.2. The lowest BCUT2D eigenvalue weighted by atomic mass is 10.0. The molecule has 0 aromatic heterocycles. The van der Waals surface area contributed by atoms with Gasteiger partial charge in [0.15, 0.2) is 0 Å². The van der Waals surface area contributed by atoms with Crippen molar-refractivity contribution in [3.05, 3.63) is 37.0 Å². The van der Waals surface area contributed by atoms with Gasteiger partial charge in [0.2, 0.25) is 5.91 Å². The van der Waals surface area contributed by atoms with E-state index >= 15 is 0 Å². The van der Waals surface area contributed by atoms with Gasteiger partial charge in [-0.15, -0.1) is 6.58 Å². The summed E-state index contributed by atoms with van der Waals surface area (Å²) in [5, 5.41) is 2.60. The van der Waals surface area contributed by atoms with E-state index in [1.54, 1.807) is 31.7 Å². The van der Waals surface area contributed by atoms with Crippen molar-refractivity contribution in [1.82, 2.24) is 10.2 Å². The zero-order valence-electron chi connectivity index (χ0n) is 13.8. The third kappa shape index (κ3) is 4.45. The lowest BCUT2D eigenvalue weighted by Crippen LogP contribution is -2.52. The molecule has 0 aromatic carbocycles. The van der Waals surface area contributed by atoms with E-state index in [1.807, 2.05) is 24.3 Å². The van der Waals surface area contributed by atoms with Crippen LogP contribution in [-0.2, 0) is 14.3 Å². The zero-order valence-corrected chi connectivity index (χ0v) is 13.8. The molecule has 126 valence electrons. The largest absolute Gasteiger partial charge is 0.444 e. The van der Waals surface area contributed by atoms with Gasteiger partial charge in [0.1, 0.15) is 17.7 Å². The van der Waals surface area contributed by atoms with E-state index in [9.17, 15) is 9.59 Å². The van der Waals surface area contributed by atoms with E-state index in [1.165, 1.54) is 0 Å². The summed E-state index contributed by atoms with van der Waals surface area (Å²) in [4.78, 5) is 26.4. The highest BCUT2D eigenvalue weighted by molar-refractivity contribution is 5.86. The lowest BCUT2D eigenvalue weighted by Gasteiger charge is -2.32. The highest BCUT2D eigenvalue weighted by atomic mass is 16.6. The van der Waals surface area contributed by atoms with E-state index in [4.69, 9.17) is 9.47 Å². The predicted octanol–water partition coefficient (Wildman–Crippen LogP) is 1.79. The first kappa shape index (κ1) is 17.3. The number of rotatable bonds is 3. The van der Waals surface area contributed by atoms with Crippen LogP contribution < -0.4 is 5.32 Å². The average Bonchev–Trinajstić information content (AvgIpc) is 2.58. The third-order valence-electron chi connectivity index (χ3n) is 3.47. The van der Waals surface area contributed by atoms with E-state index in [-0.39, 0.29) is 24.7 Å². The van der Waals surface area contributed by atoms with Gasteiger partial charge in [-0.25, -0.2) is 4.79 Å². The standard InChI is InChI=1S/C17H24N2O4/c1-5-10-19-13-8-6-7-9-14(13)22-11-12(15(19)20)18-16(21)23-17(2,3)4/h5-9,12-14H,1,10-11H2,2-4H3,(H,18,21)/t12-,13?,14?/m0/s1. The van der Waals surface area contributed by atoms with E-state index in [2.05, 4.69) is 11.9 Å². The molecular formula is C17H24N2O4. The Morgan fingerprint density at radius 2 is 2.17 bits per heavy atom. The maximum atomic E-state index is 12.8. The summed E-state index contributed by atoms with van der Waals surface area (Å²) in [7, 11) is 0. The van der Waals surface area contributed by atoms with Gasteiger partial charge in [-0.05, 0) is 20.8 Å². The quantitative estimate of drug-likeness (QED) is 0.805. The van der Waals surface area contributed by atoms with Gasteiger partial charge in [-0.2, -0.15) is 0 Å². The molecule has 1 aliphatic carbocycles. The fourth-order valence-corrected chi connectivity index (χ4v) is 2.54. The van der Waals surface area contributed by atoms with Crippen LogP contribution >= 0.6 is 0 Å². The number of nitrogens with zero attached hydrogens (tertiary/aromatic N) is 1. The number of amides is 2. The molecule has 0 aromatic rings. The second kappa shape index (κ2) is 7.00. The van der Waals surface area contributed by atoms with Crippen molar-refractivity contribution in [3.8, 4) is 0 Å². The maximum Gasteiger partial charge on any atom is 0.408 e. The second-order valence-corrected chi connectivity index (χ2v) is 6.54. The van der Waals surface area contributed by atoms with Crippen LogP contribution in [0, 0.1) is 0 Å². The summed E-state index contributed by atoms with van der Waals surface area (Å²) in [5.74, 6) is -0.205. The molecular weight excluding hydrogens is 296 g/mol. The molecule has 3 atom stereocenters. The molecule has 0 spiro atoms. The Morgan fingerprint density at radius 1 is 1.48 bits per heavy atom. The van der Waals surface area contributed by atoms with Gasteiger partial charge in [0, 0.05) is 6.54 Å². The van der Waals surface area contributed by atoms with Crippen molar-refractivity contribution in [2.24, 2.45) is 0 Å². The summed E-state index contributed by atoms with van der Waals surface area (Å²) in [6.45, 7) is 9.50. The van der Waals surface area contributed by atoms with Gasteiger partial charge >= 0.3 is 6.09 Å². The Labute approximate surface area is 136 Å². The van der Waals surface area contributed by atoms with Crippen LogP contribution in [-0.4, -0.2) is 53.8 Å². The SMILES string of the molecule is C=CCN1C(=O)[C@@H](NC(=O)OC(C)(C)C)COC2C=CC=CC21. The number of alkyl carbamates (subject to hydrolysis) is 1. The number of carbonyl (C=O) groups excluding carboxylic acids is 2. The molecule has 6 heteroatoms. The minimum Gasteiger partial charge on any atom is -0.444 e. The molecule has 2 rings (SSSR count). The summed E-state index contributed by atoms with van der Waals surface area (Å²) < 4.78 is 11.0. The Hall–Kier alpha value is -2.08. The van der Waals surface area contributed by atoms with Gasteiger partial charge in [-0.3, -0.25) is 4.79 Å². The van der Waals surface area contributed by atoms with Crippen molar-refractivity contribution in [3.63, 3.8) is 0 Å². The first-order valence-electron chi connectivity index (χ1n) is 7.69. The molecule has 2 aliphatic rings. The Kier molecular flexibility index (Phi) is 5.26. The van der Waals surface area contributed by atoms with E-state index in [0.29, 0.717) is 6.54 Å². The van der Waals surface area contributed by atoms with Crippen LogP contribution in [0.4, 0.5) is 4.79 Å². The van der Waals surface area contributed by atoms with Crippen LogP contribution in [0.2, 0.25) is 0 Å². The fourth-order valence-electron chi connectivity index (χ4n) is 2.54. The molecule has 23 heavy (non-hydrogen) atoms. The number of fused-ring (bicyclic) bond motifs is 1. The molecule has 2 amide bonds. The number of ether oxygens (including phenoxy) is 2. The topological polar surface area (TPSA) is 67.9 Å². The molecule has 0 saturated carbocycles. The van der Waals surface area contributed by atoms with Crippen molar-refractivity contribution in [1.29, 1.82) is 0 Å². The zero-order chi connectivity index (χ0) is 17.0. The number of nitrogens with one attached hydrogen (secondary N) is 1. The minimum atomic E-state index is -0.780. The van der Waals surface area contributed by atoms with Crippen LogP contribution in [0.25, 0.3) is 0 Å². The Bertz CT molecular complexity index is 533. The highest BCUT2D eigenvalue weighted by Crippen LogP contribution is 2.21. The lowest BCUT2D eigenvalue weighted by molar-refractivity contribution is -0.133. The monoisotopic (exact) mass is 320 g/mol. The van der Waals surface area contributed by atoms with Crippen LogP contribution in [0.5, 0.6) is 0 Å². The summed E-state index contributed by atoms with van der Waals surface area (Å²) in [6.07, 6.45) is 8.40. The maximum absolute atomic E-state index is 12.8. The van der Waals surface area contributed by atoms with Crippen LogP contribution in [0.15, 0.2) is 37.0 Å². The van der Waals surface area contributed by atoms with Crippen LogP contribution in [0.3, 0.4) is 0 Å².